The monoisotopic (exact) mass is 175 g/mol. The maximum Gasteiger partial charge on any atom is 0.337 e. The summed E-state index contributed by atoms with van der Waals surface area (Å²) >= 11 is 0. The van der Waals surface area contributed by atoms with Crippen LogP contribution in [0.3, 0.4) is 0 Å². The van der Waals surface area contributed by atoms with Gasteiger partial charge in [-0.15, -0.1) is 0 Å². The van der Waals surface area contributed by atoms with E-state index in [0.717, 1.165) is 11.3 Å². The Labute approximate surface area is 76.1 Å². The first-order chi connectivity index (χ1) is 6.25. The van der Waals surface area contributed by atoms with Crippen LogP contribution in [0.15, 0.2) is 24.3 Å². The van der Waals surface area contributed by atoms with Gasteiger partial charge in [-0.3, -0.25) is 0 Å². The molecule has 0 N–H and O–H groups in total. The number of nitrogens with zero attached hydrogens (tertiary/aromatic N) is 1. The number of allylic oxidation sites excluding steroid dienone is 1. The topological polar surface area (TPSA) is 39.2 Å². The highest BCUT2D eigenvalue weighted by molar-refractivity contribution is 5.84. The van der Waals surface area contributed by atoms with Crippen LogP contribution in [0.5, 0.6) is 5.88 Å². The van der Waals surface area contributed by atoms with Crippen molar-refractivity contribution in [1.82, 2.24) is 4.98 Å². The van der Waals surface area contributed by atoms with Crippen LogP contribution in [-0.4, -0.2) is 11.0 Å². The number of esters is 1. The van der Waals surface area contributed by atoms with Crippen LogP contribution in [0.2, 0.25) is 0 Å². The molecule has 1 aliphatic heterocycles. The van der Waals surface area contributed by atoms with Crippen molar-refractivity contribution < 1.29 is 9.53 Å². The Bertz CT molecular complexity index is 383. The van der Waals surface area contributed by atoms with Crippen LogP contribution in [0.4, 0.5) is 0 Å². The van der Waals surface area contributed by atoms with Gasteiger partial charge in [-0.05, 0) is 19.4 Å². The second kappa shape index (κ2) is 3.01. The molecule has 1 aliphatic rings. The molecule has 0 radical (unpaired) electrons. The third kappa shape index (κ3) is 1.59. The largest absolute Gasteiger partial charge is 0.404 e. The van der Waals surface area contributed by atoms with Crippen molar-refractivity contribution in [3.63, 3.8) is 0 Å². The van der Waals surface area contributed by atoms with Crippen LogP contribution in [-0.2, 0) is 11.2 Å². The predicted octanol–water partition coefficient (Wildman–Crippen LogP) is 1.41. The quantitative estimate of drug-likeness (QED) is 0.559. The highest BCUT2D eigenvalue weighted by Gasteiger charge is 2.11. The van der Waals surface area contributed by atoms with Crippen LogP contribution < -0.4 is 4.74 Å². The maximum atomic E-state index is 11.0. The first-order valence-corrected chi connectivity index (χ1v) is 4.10. The van der Waals surface area contributed by atoms with Crippen LogP contribution >= 0.6 is 0 Å². The van der Waals surface area contributed by atoms with Crippen molar-refractivity contribution in [2.45, 2.75) is 13.3 Å². The lowest BCUT2D eigenvalue weighted by Gasteiger charge is -2.03. The number of fused-ring (bicyclic) bond motifs is 1. The van der Waals surface area contributed by atoms with E-state index < -0.39 is 0 Å². The molecule has 66 valence electrons. The molecule has 0 aromatic carbocycles. The van der Waals surface area contributed by atoms with Gasteiger partial charge in [0.05, 0.1) is 0 Å². The lowest BCUT2D eigenvalue weighted by atomic mass is 10.2. The first-order valence-electron chi connectivity index (χ1n) is 4.10. The highest BCUT2D eigenvalue weighted by atomic mass is 16.5. The first kappa shape index (κ1) is 7.98. The van der Waals surface area contributed by atoms with E-state index in [4.69, 9.17) is 4.74 Å². The number of aryl methyl sites for hydroxylation is 1. The van der Waals surface area contributed by atoms with Crippen molar-refractivity contribution in [1.29, 1.82) is 0 Å². The number of rotatable bonds is 0. The number of carbonyl (C=O) groups is 1. The Morgan fingerprint density at radius 3 is 3.15 bits per heavy atom. The summed E-state index contributed by atoms with van der Waals surface area (Å²) in [5.74, 6) is 0.0897. The SMILES string of the molecule is Cc1ccc2c(n1)OC(=O)C=CC2. The Morgan fingerprint density at radius 2 is 2.31 bits per heavy atom. The van der Waals surface area contributed by atoms with E-state index in [9.17, 15) is 4.79 Å². The van der Waals surface area contributed by atoms with E-state index in [2.05, 4.69) is 4.98 Å². The zero-order chi connectivity index (χ0) is 9.26. The molecule has 2 rings (SSSR count). The molecule has 3 nitrogen and oxygen atoms in total. The summed E-state index contributed by atoms with van der Waals surface area (Å²) in [7, 11) is 0. The molecular formula is C10H9NO2. The van der Waals surface area contributed by atoms with Gasteiger partial charge in [0.2, 0.25) is 5.88 Å². The summed E-state index contributed by atoms with van der Waals surface area (Å²) < 4.78 is 5.00. The van der Waals surface area contributed by atoms with Crippen molar-refractivity contribution in [2.75, 3.05) is 0 Å². The Morgan fingerprint density at radius 1 is 1.46 bits per heavy atom. The minimum absolute atomic E-state index is 0.350. The van der Waals surface area contributed by atoms with Crippen LogP contribution in [0.25, 0.3) is 0 Å². The molecule has 0 aliphatic carbocycles. The summed E-state index contributed by atoms with van der Waals surface area (Å²) in [5.41, 5.74) is 1.81. The van der Waals surface area contributed by atoms with Gasteiger partial charge in [-0.1, -0.05) is 12.1 Å². The molecule has 0 fully saturated rings. The third-order valence-electron chi connectivity index (χ3n) is 1.87. The number of carbonyl (C=O) groups excluding carboxylic acids is 1. The fraction of sp³-hybridized carbons (Fsp3) is 0.200. The number of pyridine rings is 1. The van der Waals surface area contributed by atoms with E-state index in [1.807, 2.05) is 19.1 Å². The van der Waals surface area contributed by atoms with Gasteiger partial charge in [0.15, 0.2) is 0 Å². The summed E-state index contributed by atoms with van der Waals surface area (Å²) in [6, 6.07) is 3.84. The number of ether oxygens (including phenoxy) is 1. The molecule has 3 heteroatoms. The molecule has 1 aromatic rings. The van der Waals surface area contributed by atoms with Crippen molar-refractivity contribution in [3.8, 4) is 5.88 Å². The third-order valence-corrected chi connectivity index (χ3v) is 1.87. The lowest BCUT2D eigenvalue weighted by Crippen LogP contribution is -2.05. The normalized spacial score (nSPS) is 14.7. The van der Waals surface area contributed by atoms with Gasteiger partial charge >= 0.3 is 5.97 Å². The van der Waals surface area contributed by atoms with E-state index in [0.29, 0.717) is 12.3 Å². The van der Waals surface area contributed by atoms with Gasteiger partial charge in [0, 0.05) is 17.3 Å². The van der Waals surface area contributed by atoms with Crippen molar-refractivity contribution in [2.24, 2.45) is 0 Å². The zero-order valence-electron chi connectivity index (χ0n) is 7.28. The molecule has 0 bridgehead atoms. The molecule has 0 atom stereocenters. The summed E-state index contributed by atoms with van der Waals surface area (Å²) in [6.07, 6.45) is 3.91. The molecule has 2 heterocycles. The minimum Gasteiger partial charge on any atom is -0.404 e. The van der Waals surface area contributed by atoms with Gasteiger partial charge in [-0.25, -0.2) is 9.78 Å². The van der Waals surface area contributed by atoms with Crippen molar-refractivity contribution in [3.05, 3.63) is 35.5 Å². The number of hydrogen-bond donors (Lipinski definition) is 0. The Kier molecular flexibility index (Phi) is 1.85. The molecule has 0 amide bonds. The van der Waals surface area contributed by atoms with Gasteiger partial charge in [-0.2, -0.15) is 0 Å². The highest BCUT2D eigenvalue weighted by Crippen LogP contribution is 2.19. The van der Waals surface area contributed by atoms with Gasteiger partial charge in [0.1, 0.15) is 0 Å². The molecule has 0 spiro atoms. The second-order valence-corrected chi connectivity index (χ2v) is 2.94. The van der Waals surface area contributed by atoms with Crippen LogP contribution in [0.1, 0.15) is 11.3 Å². The molecule has 1 aromatic heterocycles. The van der Waals surface area contributed by atoms with Crippen LogP contribution in [0, 0.1) is 6.92 Å². The van der Waals surface area contributed by atoms with E-state index in [1.165, 1.54) is 6.08 Å². The van der Waals surface area contributed by atoms with E-state index in [-0.39, 0.29) is 5.97 Å². The summed E-state index contributed by atoms with van der Waals surface area (Å²) in [4.78, 5) is 15.1. The molecule has 0 saturated heterocycles. The minimum atomic E-state index is -0.350. The molecular weight excluding hydrogens is 166 g/mol. The smallest absolute Gasteiger partial charge is 0.337 e. The van der Waals surface area contributed by atoms with Crippen molar-refractivity contribution >= 4 is 5.97 Å². The molecule has 0 saturated carbocycles. The Hall–Kier alpha value is -1.64. The average Bonchev–Trinajstić information content (AvgIpc) is 2.25. The number of aromatic nitrogens is 1. The standard InChI is InChI=1S/C10H9NO2/c1-7-5-6-8-3-2-4-9(12)13-10(8)11-7/h2,4-6H,3H2,1H3. The van der Waals surface area contributed by atoms with Gasteiger partial charge < -0.3 is 4.74 Å². The average molecular weight is 175 g/mol. The second-order valence-electron chi connectivity index (χ2n) is 2.94. The maximum absolute atomic E-state index is 11.0. The summed E-state index contributed by atoms with van der Waals surface area (Å²) in [6.45, 7) is 1.87. The summed E-state index contributed by atoms with van der Waals surface area (Å²) in [5, 5.41) is 0. The van der Waals surface area contributed by atoms with E-state index >= 15 is 0 Å². The zero-order valence-corrected chi connectivity index (χ0v) is 7.28. The fourth-order valence-corrected chi connectivity index (χ4v) is 1.22. The predicted molar refractivity (Wildman–Crippen MR) is 47.5 cm³/mol. The fourth-order valence-electron chi connectivity index (χ4n) is 1.22. The lowest BCUT2D eigenvalue weighted by molar-refractivity contribution is -0.129. The molecule has 13 heavy (non-hydrogen) atoms. The Balaban J connectivity index is 2.46. The molecule has 0 unspecified atom stereocenters. The van der Waals surface area contributed by atoms with E-state index in [1.54, 1.807) is 6.08 Å². The van der Waals surface area contributed by atoms with Gasteiger partial charge in [0.25, 0.3) is 0 Å². The number of hydrogen-bond acceptors (Lipinski definition) is 3.